The zero-order valence-corrected chi connectivity index (χ0v) is 20.1. The largest absolute Gasteiger partial charge is 0.495 e. The molecule has 11 heteroatoms. The van der Waals surface area contributed by atoms with Crippen molar-refractivity contribution >= 4 is 28.6 Å². The number of aryl methyl sites for hydroxylation is 1. The number of hydrogen-bond acceptors (Lipinski definition) is 8. The number of carbonyl (C=O) groups excluding carboxylic acids is 1. The summed E-state index contributed by atoms with van der Waals surface area (Å²) in [5, 5.41) is 19.8. The predicted octanol–water partition coefficient (Wildman–Crippen LogP) is 3.01. The van der Waals surface area contributed by atoms with E-state index in [0.717, 1.165) is 22.9 Å². The Labute approximate surface area is 202 Å². The third-order valence-electron chi connectivity index (χ3n) is 5.51. The van der Waals surface area contributed by atoms with Crippen LogP contribution in [0.4, 0.5) is 11.6 Å². The van der Waals surface area contributed by atoms with Gasteiger partial charge in [0.25, 0.3) is 5.91 Å². The monoisotopic (exact) mass is 479 g/mol. The highest BCUT2D eigenvalue weighted by Gasteiger charge is 2.19. The quantitative estimate of drug-likeness (QED) is 0.272. The summed E-state index contributed by atoms with van der Waals surface area (Å²) in [5.41, 5.74) is 3.42. The van der Waals surface area contributed by atoms with Crippen LogP contribution >= 0.6 is 0 Å². The molecule has 0 aliphatic carbocycles. The van der Waals surface area contributed by atoms with Crippen molar-refractivity contribution in [1.29, 1.82) is 0 Å². The molecular formula is C24H29N7O4. The second-order valence-electron chi connectivity index (χ2n) is 8.04. The maximum atomic E-state index is 12.2. The fraction of sp³-hybridized carbons (Fsp3) is 0.333. The summed E-state index contributed by atoms with van der Waals surface area (Å²) in [4.78, 5) is 24.8. The number of aliphatic hydroxyl groups excluding tert-OH is 1. The topological polar surface area (TPSA) is 139 Å². The van der Waals surface area contributed by atoms with Crippen molar-refractivity contribution < 1.29 is 19.4 Å². The summed E-state index contributed by atoms with van der Waals surface area (Å²) in [7, 11) is 3.38. The molecule has 184 valence electrons. The summed E-state index contributed by atoms with van der Waals surface area (Å²) in [5.74, 6) is 0.898. The number of nitrogens with one attached hydrogen (secondary N) is 3. The molecule has 3 heterocycles. The summed E-state index contributed by atoms with van der Waals surface area (Å²) in [6.45, 7) is 4.07. The van der Waals surface area contributed by atoms with Gasteiger partial charge in [0, 0.05) is 42.7 Å². The maximum absolute atomic E-state index is 12.2. The van der Waals surface area contributed by atoms with Gasteiger partial charge in [-0.3, -0.25) is 9.48 Å². The van der Waals surface area contributed by atoms with E-state index >= 15 is 0 Å². The standard InChI is InChI=1S/C24H29N7O4/c1-5-14(2)35-23-20-17(16-11-27-31(3)13-16)12-26-21(20)29-24(30-23)28-18-7-6-15(10-19(18)34-4)22(33)25-8-9-32/h6-7,10-14,32H,5,8-9H2,1-4H3,(H,25,33)(H2,26,28,29,30). The molecular weight excluding hydrogens is 450 g/mol. The van der Waals surface area contributed by atoms with Gasteiger partial charge in [-0.2, -0.15) is 15.1 Å². The second-order valence-corrected chi connectivity index (χ2v) is 8.04. The van der Waals surface area contributed by atoms with E-state index in [-0.39, 0.29) is 25.2 Å². The van der Waals surface area contributed by atoms with Crippen LogP contribution in [0, 0.1) is 0 Å². The van der Waals surface area contributed by atoms with Crippen molar-refractivity contribution in [3.8, 4) is 22.8 Å². The van der Waals surface area contributed by atoms with Crippen LogP contribution in [0.2, 0.25) is 0 Å². The van der Waals surface area contributed by atoms with Crippen molar-refractivity contribution in [2.75, 3.05) is 25.6 Å². The Morgan fingerprint density at radius 3 is 2.83 bits per heavy atom. The molecule has 4 N–H and O–H groups in total. The van der Waals surface area contributed by atoms with Gasteiger partial charge in [0.2, 0.25) is 11.8 Å². The molecule has 0 saturated heterocycles. The summed E-state index contributed by atoms with van der Waals surface area (Å²) < 4.78 is 13.4. The van der Waals surface area contributed by atoms with Crippen molar-refractivity contribution in [2.45, 2.75) is 26.4 Å². The van der Waals surface area contributed by atoms with E-state index in [1.807, 2.05) is 33.3 Å². The molecule has 0 bridgehead atoms. The molecule has 4 aromatic rings. The van der Waals surface area contributed by atoms with Crippen LogP contribution in [-0.2, 0) is 7.05 Å². The smallest absolute Gasteiger partial charge is 0.251 e. The fourth-order valence-corrected chi connectivity index (χ4v) is 3.53. The van der Waals surface area contributed by atoms with Gasteiger partial charge >= 0.3 is 0 Å². The third kappa shape index (κ3) is 5.19. The predicted molar refractivity (Wildman–Crippen MR) is 132 cm³/mol. The number of aromatic amines is 1. The van der Waals surface area contributed by atoms with E-state index < -0.39 is 0 Å². The van der Waals surface area contributed by atoms with Gasteiger partial charge in [0.1, 0.15) is 11.4 Å². The first kappa shape index (κ1) is 24.0. The van der Waals surface area contributed by atoms with E-state index in [9.17, 15) is 4.79 Å². The van der Waals surface area contributed by atoms with Gasteiger partial charge in [-0.25, -0.2) is 0 Å². The normalized spacial score (nSPS) is 11.9. The Morgan fingerprint density at radius 1 is 1.31 bits per heavy atom. The van der Waals surface area contributed by atoms with Gasteiger partial charge in [-0.05, 0) is 31.5 Å². The Balaban J connectivity index is 1.71. The van der Waals surface area contributed by atoms with Crippen LogP contribution < -0.4 is 20.1 Å². The van der Waals surface area contributed by atoms with Crippen LogP contribution in [0.1, 0.15) is 30.6 Å². The minimum atomic E-state index is -0.305. The third-order valence-corrected chi connectivity index (χ3v) is 5.51. The molecule has 3 aromatic heterocycles. The van der Waals surface area contributed by atoms with Crippen LogP contribution in [0.15, 0.2) is 36.8 Å². The first-order valence-corrected chi connectivity index (χ1v) is 11.3. The number of aromatic nitrogens is 5. The van der Waals surface area contributed by atoms with Crippen LogP contribution in [0.3, 0.4) is 0 Å². The van der Waals surface area contributed by atoms with E-state index in [2.05, 4.69) is 30.7 Å². The van der Waals surface area contributed by atoms with Gasteiger partial charge in [0.15, 0.2) is 0 Å². The number of fused-ring (bicyclic) bond motifs is 1. The van der Waals surface area contributed by atoms with E-state index in [1.165, 1.54) is 7.11 Å². The molecule has 4 rings (SSSR count). The SMILES string of the molecule is CCC(C)Oc1nc(Nc2ccc(C(=O)NCCO)cc2OC)nc2[nH]cc(-c3cnn(C)c3)c12. The first-order chi connectivity index (χ1) is 16.9. The van der Waals surface area contributed by atoms with Gasteiger partial charge in [0.05, 0.1) is 37.1 Å². The number of aliphatic hydroxyl groups is 1. The average molecular weight is 480 g/mol. The zero-order chi connectivity index (χ0) is 24.9. The molecule has 0 fully saturated rings. The summed E-state index contributed by atoms with van der Waals surface area (Å²) in [6, 6.07) is 4.98. The molecule has 0 aliphatic rings. The number of amides is 1. The maximum Gasteiger partial charge on any atom is 0.251 e. The summed E-state index contributed by atoms with van der Waals surface area (Å²) in [6.07, 6.45) is 6.33. The Morgan fingerprint density at radius 2 is 2.14 bits per heavy atom. The number of ether oxygens (including phenoxy) is 2. The molecule has 1 aromatic carbocycles. The lowest BCUT2D eigenvalue weighted by atomic mass is 10.1. The number of H-pyrrole nitrogens is 1. The fourth-order valence-electron chi connectivity index (χ4n) is 3.53. The van der Waals surface area contributed by atoms with Gasteiger partial charge in [-0.15, -0.1) is 0 Å². The number of nitrogens with zero attached hydrogens (tertiary/aromatic N) is 4. The van der Waals surface area contributed by atoms with Crippen LogP contribution in [-0.4, -0.2) is 62.1 Å². The zero-order valence-electron chi connectivity index (χ0n) is 20.1. The van der Waals surface area contributed by atoms with Gasteiger partial charge in [-0.1, -0.05) is 6.92 Å². The average Bonchev–Trinajstić information content (AvgIpc) is 3.48. The highest BCUT2D eigenvalue weighted by Crippen LogP contribution is 2.36. The molecule has 35 heavy (non-hydrogen) atoms. The Bertz CT molecular complexity index is 1330. The molecule has 0 saturated carbocycles. The molecule has 11 nitrogen and oxygen atoms in total. The van der Waals surface area contributed by atoms with E-state index in [4.69, 9.17) is 14.6 Å². The lowest BCUT2D eigenvalue weighted by Gasteiger charge is -2.15. The number of anilines is 2. The number of methoxy groups -OCH3 is 1. The van der Waals surface area contributed by atoms with Crippen molar-refractivity contribution in [1.82, 2.24) is 30.0 Å². The minimum absolute atomic E-state index is 0.0520. The summed E-state index contributed by atoms with van der Waals surface area (Å²) >= 11 is 0. The first-order valence-electron chi connectivity index (χ1n) is 11.3. The number of rotatable bonds is 10. The lowest BCUT2D eigenvalue weighted by molar-refractivity contribution is 0.0944. The number of carbonyl (C=O) groups is 1. The number of benzene rings is 1. The minimum Gasteiger partial charge on any atom is -0.495 e. The van der Waals surface area contributed by atoms with Crippen molar-refractivity contribution in [3.05, 3.63) is 42.4 Å². The molecule has 0 aliphatic heterocycles. The van der Waals surface area contributed by atoms with E-state index in [0.29, 0.717) is 34.5 Å². The van der Waals surface area contributed by atoms with E-state index in [1.54, 1.807) is 29.1 Å². The van der Waals surface area contributed by atoms with Crippen molar-refractivity contribution in [2.24, 2.45) is 7.05 Å². The molecule has 1 unspecified atom stereocenters. The Hall–Kier alpha value is -4.12. The van der Waals surface area contributed by atoms with Crippen LogP contribution in [0.25, 0.3) is 22.2 Å². The molecule has 1 amide bonds. The van der Waals surface area contributed by atoms with Gasteiger partial charge < -0.3 is 30.2 Å². The highest BCUT2D eigenvalue weighted by atomic mass is 16.5. The van der Waals surface area contributed by atoms with Crippen molar-refractivity contribution in [3.63, 3.8) is 0 Å². The molecule has 0 spiro atoms. The highest BCUT2D eigenvalue weighted by molar-refractivity contribution is 5.98. The molecule has 0 radical (unpaired) electrons. The number of hydrogen-bond donors (Lipinski definition) is 4. The Kier molecular flexibility index (Phi) is 7.16. The second kappa shape index (κ2) is 10.4. The van der Waals surface area contributed by atoms with Crippen LogP contribution in [0.5, 0.6) is 11.6 Å². The lowest BCUT2D eigenvalue weighted by Crippen LogP contribution is -2.26. The molecule has 1 atom stereocenters.